The van der Waals surface area contributed by atoms with Gasteiger partial charge in [-0.3, -0.25) is 4.79 Å². The number of carbonyl (C=O) groups is 1. The second-order valence-corrected chi connectivity index (χ2v) is 10.1. The van der Waals surface area contributed by atoms with Crippen molar-refractivity contribution in [1.82, 2.24) is 14.6 Å². The first-order chi connectivity index (χ1) is 12.6. The summed E-state index contributed by atoms with van der Waals surface area (Å²) in [6, 6.07) is 1.49. The van der Waals surface area contributed by atoms with E-state index in [-0.39, 0.29) is 22.0 Å². The van der Waals surface area contributed by atoms with Crippen LogP contribution in [0.2, 0.25) is 0 Å². The monoisotopic (exact) mass is 395 g/mol. The average molecular weight is 396 g/mol. The maximum Gasteiger partial charge on any atom is 0.253 e. The number of anilines is 1. The van der Waals surface area contributed by atoms with E-state index in [0.29, 0.717) is 31.4 Å². The van der Waals surface area contributed by atoms with E-state index in [1.54, 1.807) is 0 Å². The molecule has 3 rings (SSSR count). The van der Waals surface area contributed by atoms with E-state index in [2.05, 4.69) is 31.1 Å². The number of aromatic nitrogens is 1. The molecule has 1 amide bonds. The molecule has 0 saturated carbocycles. The van der Waals surface area contributed by atoms with Crippen LogP contribution in [0.3, 0.4) is 0 Å². The van der Waals surface area contributed by atoms with Gasteiger partial charge in [0.2, 0.25) is 10.0 Å². The Morgan fingerprint density at radius 1 is 1.37 bits per heavy atom. The SMILES string of the molecule is CNC1CCN(S(=O)(=O)c2ccnc(N3CC(C)CC3(C)C)c2C(N)=O)C1. The highest BCUT2D eigenvalue weighted by molar-refractivity contribution is 7.89. The Morgan fingerprint density at radius 2 is 2.07 bits per heavy atom. The zero-order chi connectivity index (χ0) is 20.0. The van der Waals surface area contributed by atoms with Crippen LogP contribution < -0.4 is 16.0 Å². The quantitative estimate of drug-likeness (QED) is 0.763. The third kappa shape index (κ3) is 3.55. The number of likely N-dealkylation sites (N-methyl/N-ethyl adjacent to an activating group) is 1. The van der Waals surface area contributed by atoms with E-state index in [4.69, 9.17) is 5.73 Å². The van der Waals surface area contributed by atoms with Gasteiger partial charge in [0.15, 0.2) is 0 Å². The molecule has 0 aliphatic carbocycles. The predicted octanol–water partition coefficient (Wildman–Crippen LogP) is 0.788. The Hall–Kier alpha value is -1.71. The molecule has 2 saturated heterocycles. The van der Waals surface area contributed by atoms with Gasteiger partial charge in [0, 0.05) is 37.4 Å². The van der Waals surface area contributed by atoms with E-state index in [9.17, 15) is 13.2 Å². The number of hydrogen-bond acceptors (Lipinski definition) is 6. The number of amides is 1. The van der Waals surface area contributed by atoms with Gasteiger partial charge in [-0.1, -0.05) is 6.92 Å². The maximum absolute atomic E-state index is 13.3. The topological polar surface area (TPSA) is 109 Å². The molecule has 1 aromatic rings. The summed E-state index contributed by atoms with van der Waals surface area (Å²) in [6.45, 7) is 7.77. The van der Waals surface area contributed by atoms with Crippen molar-refractivity contribution in [1.29, 1.82) is 0 Å². The van der Waals surface area contributed by atoms with Crippen LogP contribution >= 0.6 is 0 Å². The molecule has 2 aliphatic rings. The fourth-order valence-corrected chi connectivity index (χ4v) is 6.05. The molecule has 0 spiro atoms. The summed E-state index contributed by atoms with van der Waals surface area (Å²) in [5.41, 5.74) is 5.42. The standard InChI is InChI=1S/C18H29N5O3S/c1-12-9-18(2,3)23(10-12)17-15(16(19)24)14(5-7-21-17)27(25,26)22-8-6-13(11-22)20-4/h5,7,12-13,20H,6,8-11H2,1-4H3,(H2,19,24). The maximum atomic E-state index is 13.3. The van der Waals surface area contributed by atoms with Crippen LogP contribution in [0.25, 0.3) is 0 Å². The number of nitrogens with zero attached hydrogens (tertiary/aromatic N) is 3. The van der Waals surface area contributed by atoms with Crippen molar-refractivity contribution in [3.8, 4) is 0 Å². The van der Waals surface area contributed by atoms with Gasteiger partial charge in [-0.25, -0.2) is 13.4 Å². The van der Waals surface area contributed by atoms with Crippen LogP contribution in [0, 0.1) is 5.92 Å². The van der Waals surface area contributed by atoms with Gasteiger partial charge >= 0.3 is 0 Å². The van der Waals surface area contributed by atoms with E-state index in [0.717, 1.165) is 12.8 Å². The number of hydrogen-bond donors (Lipinski definition) is 2. The second-order valence-electron chi connectivity index (χ2n) is 8.24. The van der Waals surface area contributed by atoms with Crippen molar-refractivity contribution in [3.63, 3.8) is 0 Å². The number of carbonyl (C=O) groups excluding carboxylic acids is 1. The third-order valence-electron chi connectivity index (χ3n) is 5.64. The summed E-state index contributed by atoms with van der Waals surface area (Å²) < 4.78 is 27.9. The normalized spacial score (nSPS) is 25.9. The molecular formula is C18H29N5O3S. The van der Waals surface area contributed by atoms with Crippen molar-refractivity contribution < 1.29 is 13.2 Å². The Kier molecular flexibility index (Phi) is 5.22. The molecule has 3 heterocycles. The number of primary amides is 1. The average Bonchev–Trinajstić information content (AvgIpc) is 3.17. The van der Waals surface area contributed by atoms with Crippen molar-refractivity contribution >= 4 is 21.7 Å². The fraction of sp³-hybridized carbons (Fsp3) is 0.667. The lowest BCUT2D eigenvalue weighted by Crippen LogP contribution is -2.41. The van der Waals surface area contributed by atoms with Gasteiger partial charge in [-0.05, 0) is 45.7 Å². The van der Waals surface area contributed by atoms with Gasteiger partial charge < -0.3 is 16.0 Å². The van der Waals surface area contributed by atoms with E-state index in [1.165, 1.54) is 16.6 Å². The molecule has 0 radical (unpaired) electrons. The van der Waals surface area contributed by atoms with Crippen LogP contribution in [0.15, 0.2) is 17.2 Å². The van der Waals surface area contributed by atoms with Crippen LogP contribution in [0.4, 0.5) is 5.82 Å². The Morgan fingerprint density at radius 3 is 2.59 bits per heavy atom. The highest BCUT2D eigenvalue weighted by Crippen LogP contribution is 2.39. The van der Waals surface area contributed by atoms with Crippen LogP contribution in [0.1, 0.15) is 44.0 Å². The first-order valence-electron chi connectivity index (χ1n) is 9.32. The predicted molar refractivity (Wildman–Crippen MR) is 104 cm³/mol. The molecule has 27 heavy (non-hydrogen) atoms. The highest BCUT2D eigenvalue weighted by Gasteiger charge is 2.41. The summed E-state index contributed by atoms with van der Waals surface area (Å²) in [4.78, 5) is 18.7. The number of nitrogens with one attached hydrogen (secondary N) is 1. The molecule has 3 N–H and O–H groups in total. The van der Waals surface area contributed by atoms with Crippen LogP contribution in [0.5, 0.6) is 0 Å². The molecule has 150 valence electrons. The van der Waals surface area contributed by atoms with E-state index in [1.807, 2.05) is 11.9 Å². The van der Waals surface area contributed by atoms with Gasteiger partial charge in [-0.15, -0.1) is 0 Å². The number of nitrogens with two attached hydrogens (primary N) is 1. The minimum absolute atomic E-state index is 0.00687. The van der Waals surface area contributed by atoms with Crippen molar-refractivity contribution in [3.05, 3.63) is 17.8 Å². The molecule has 9 heteroatoms. The van der Waals surface area contributed by atoms with Crippen molar-refractivity contribution in [2.75, 3.05) is 31.6 Å². The van der Waals surface area contributed by atoms with Crippen LogP contribution in [-0.2, 0) is 10.0 Å². The van der Waals surface area contributed by atoms with E-state index < -0.39 is 15.9 Å². The number of sulfonamides is 1. The lowest BCUT2D eigenvalue weighted by atomic mass is 9.97. The molecule has 2 atom stereocenters. The molecule has 2 fully saturated rings. The second kappa shape index (κ2) is 7.03. The Bertz CT molecular complexity index is 839. The molecule has 8 nitrogen and oxygen atoms in total. The lowest BCUT2D eigenvalue weighted by Gasteiger charge is -2.34. The molecule has 2 unspecified atom stereocenters. The van der Waals surface area contributed by atoms with E-state index >= 15 is 0 Å². The lowest BCUT2D eigenvalue weighted by molar-refractivity contribution is 0.0997. The fourth-order valence-electron chi connectivity index (χ4n) is 4.37. The van der Waals surface area contributed by atoms with Gasteiger partial charge in [0.05, 0.1) is 0 Å². The van der Waals surface area contributed by atoms with Crippen molar-refractivity contribution in [2.24, 2.45) is 11.7 Å². The Balaban J connectivity index is 2.09. The van der Waals surface area contributed by atoms with Gasteiger partial charge in [-0.2, -0.15) is 4.31 Å². The van der Waals surface area contributed by atoms with Gasteiger partial charge in [0.25, 0.3) is 5.91 Å². The molecule has 0 aromatic carbocycles. The largest absolute Gasteiger partial charge is 0.365 e. The van der Waals surface area contributed by atoms with Crippen LogP contribution in [-0.4, -0.2) is 61.9 Å². The Labute approximate surface area is 161 Å². The summed E-state index contributed by atoms with van der Waals surface area (Å²) >= 11 is 0. The molecule has 0 bridgehead atoms. The van der Waals surface area contributed by atoms with Gasteiger partial charge in [0.1, 0.15) is 16.3 Å². The first-order valence-corrected chi connectivity index (χ1v) is 10.8. The third-order valence-corrected chi connectivity index (χ3v) is 7.55. The number of rotatable bonds is 5. The molecule has 2 aliphatic heterocycles. The highest BCUT2D eigenvalue weighted by atomic mass is 32.2. The smallest absolute Gasteiger partial charge is 0.253 e. The van der Waals surface area contributed by atoms with Crippen molar-refractivity contribution in [2.45, 2.75) is 50.1 Å². The summed E-state index contributed by atoms with van der Waals surface area (Å²) in [5.74, 6) is 0.0106. The summed E-state index contributed by atoms with van der Waals surface area (Å²) in [6.07, 6.45) is 3.12. The zero-order valence-electron chi connectivity index (χ0n) is 16.4. The minimum Gasteiger partial charge on any atom is -0.365 e. The molecule has 1 aromatic heterocycles. The summed E-state index contributed by atoms with van der Waals surface area (Å²) in [5, 5.41) is 3.11. The zero-order valence-corrected chi connectivity index (χ0v) is 17.2. The summed E-state index contributed by atoms with van der Waals surface area (Å²) in [7, 11) is -2.02. The minimum atomic E-state index is -3.83. The first kappa shape index (κ1) is 20.0. The molecular weight excluding hydrogens is 366 g/mol. The number of pyridine rings is 1.